The minimum Gasteiger partial charge on any atom is -0.479 e. The summed E-state index contributed by atoms with van der Waals surface area (Å²) in [5.41, 5.74) is 4.82. The molecule has 7 nitrogen and oxygen atoms in total. The van der Waals surface area contributed by atoms with Crippen LogP contribution in [0.3, 0.4) is 0 Å². The number of benzene rings is 3. The van der Waals surface area contributed by atoms with Crippen LogP contribution in [-0.2, 0) is 9.53 Å². The van der Waals surface area contributed by atoms with Gasteiger partial charge < -0.3 is 25.2 Å². The predicted molar refractivity (Wildman–Crippen MR) is 115 cm³/mol. The van der Waals surface area contributed by atoms with Crippen molar-refractivity contribution >= 4 is 24.6 Å². The summed E-state index contributed by atoms with van der Waals surface area (Å²) in [4.78, 5) is 24.1. The summed E-state index contributed by atoms with van der Waals surface area (Å²) in [6.45, 7) is 0.0713. The van der Waals surface area contributed by atoms with E-state index in [4.69, 9.17) is 4.74 Å². The highest BCUT2D eigenvalue weighted by Gasteiger charge is 2.30. The Morgan fingerprint density at radius 3 is 1.97 bits per heavy atom. The highest BCUT2D eigenvalue weighted by molar-refractivity contribution is 6.58. The van der Waals surface area contributed by atoms with Crippen molar-refractivity contribution in [3.8, 4) is 11.1 Å². The second kappa shape index (κ2) is 8.63. The van der Waals surface area contributed by atoms with Crippen LogP contribution in [0.1, 0.15) is 28.7 Å². The maximum absolute atomic E-state index is 12.4. The zero-order valence-corrected chi connectivity index (χ0v) is 16.4. The molecular formula is C23H20BNO6. The fraction of sp³-hybridized carbons (Fsp3) is 0.130. The molecule has 0 aromatic heterocycles. The Labute approximate surface area is 179 Å². The van der Waals surface area contributed by atoms with Crippen molar-refractivity contribution in [3.05, 3.63) is 89.5 Å². The zero-order valence-electron chi connectivity index (χ0n) is 16.4. The first-order valence-corrected chi connectivity index (χ1v) is 9.76. The van der Waals surface area contributed by atoms with E-state index in [9.17, 15) is 24.7 Å². The van der Waals surface area contributed by atoms with Crippen molar-refractivity contribution in [2.24, 2.45) is 0 Å². The molecule has 0 heterocycles. The van der Waals surface area contributed by atoms with Crippen LogP contribution in [0.2, 0.25) is 0 Å². The highest BCUT2D eigenvalue weighted by atomic mass is 16.5. The van der Waals surface area contributed by atoms with Gasteiger partial charge in [0.2, 0.25) is 0 Å². The molecule has 0 bridgehead atoms. The first-order chi connectivity index (χ1) is 15.0. The standard InChI is InChI=1S/C23H20BNO6/c26-22(27)21(14-9-11-15(12-10-14)24(29)30)25-23(28)31-13-20-18-7-3-1-5-16(18)17-6-2-4-8-19(17)20/h1-12,20-21,29-30H,13H2,(H,25,28)(H,26,27). The van der Waals surface area contributed by atoms with Gasteiger partial charge in [0.05, 0.1) is 0 Å². The lowest BCUT2D eigenvalue weighted by molar-refractivity contribution is -0.139. The third-order valence-electron chi connectivity index (χ3n) is 5.42. The summed E-state index contributed by atoms with van der Waals surface area (Å²) in [7, 11) is -1.66. The van der Waals surface area contributed by atoms with Gasteiger partial charge in [-0.25, -0.2) is 9.59 Å². The molecule has 3 aromatic rings. The number of carboxylic acid groups (broad SMARTS) is 1. The number of rotatable bonds is 6. The van der Waals surface area contributed by atoms with Crippen molar-refractivity contribution < 1.29 is 29.5 Å². The number of hydrogen-bond donors (Lipinski definition) is 4. The number of carboxylic acids is 1. The average Bonchev–Trinajstić information content (AvgIpc) is 3.10. The number of carbonyl (C=O) groups is 2. The molecule has 4 rings (SSSR count). The Morgan fingerprint density at radius 2 is 1.45 bits per heavy atom. The zero-order chi connectivity index (χ0) is 22.0. The van der Waals surface area contributed by atoms with Crippen LogP contribution in [0.5, 0.6) is 0 Å². The van der Waals surface area contributed by atoms with Gasteiger partial charge >= 0.3 is 19.2 Å². The lowest BCUT2D eigenvalue weighted by Crippen LogP contribution is -2.35. The highest BCUT2D eigenvalue weighted by Crippen LogP contribution is 2.44. The third kappa shape index (κ3) is 4.16. The van der Waals surface area contributed by atoms with Gasteiger partial charge in [-0.1, -0.05) is 72.8 Å². The van der Waals surface area contributed by atoms with Crippen molar-refractivity contribution in [2.75, 3.05) is 6.61 Å². The lowest BCUT2D eigenvalue weighted by atomic mass is 9.80. The molecule has 1 aliphatic carbocycles. The number of carbonyl (C=O) groups excluding carboxylic acids is 1. The molecular weight excluding hydrogens is 397 g/mol. The molecule has 1 amide bonds. The van der Waals surface area contributed by atoms with E-state index in [2.05, 4.69) is 5.32 Å². The quantitative estimate of drug-likeness (QED) is 0.456. The van der Waals surface area contributed by atoms with Crippen LogP contribution in [0, 0.1) is 0 Å². The number of alkyl carbamates (subject to hydrolysis) is 1. The molecule has 0 radical (unpaired) electrons. The third-order valence-corrected chi connectivity index (χ3v) is 5.42. The molecule has 1 unspecified atom stereocenters. The molecule has 0 saturated heterocycles. The molecule has 1 atom stereocenters. The summed E-state index contributed by atoms with van der Waals surface area (Å²) in [5, 5.41) is 30.2. The molecule has 3 aromatic carbocycles. The van der Waals surface area contributed by atoms with E-state index < -0.39 is 25.2 Å². The Balaban J connectivity index is 1.46. The van der Waals surface area contributed by atoms with Crippen LogP contribution in [0.4, 0.5) is 4.79 Å². The SMILES string of the molecule is O=C(NC(C(=O)O)c1ccc(B(O)O)cc1)OCC1c2ccccc2-c2ccccc21. The maximum Gasteiger partial charge on any atom is 0.488 e. The van der Waals surface area contributed by atoms with E-state index in [-0.39, 0.29) is 23.6 Å². The van der Waals surface area contributed by atoms with Crippen LogP contribution in [0.15, 0.2) is 72.8 Å². The van der Waals surface area contributed by atoms with Crippen molar-refractivity contribution in [1.82, 2.24) is 5.32 Å². The number of nitrogens with one attached hydrogen (secondary N) is 1. The van der Waals surface area contributed by atoms with Crippen molar-refractivity contribution in [2.45, 2.75) is 12.0 Å². The Bertz CT molecular complexity index is 1070. The molecule has 0 spiro atoms. The Hall–Kier alpha value is -3.62. The first-order valence-electron chi connectivity index (χ1n) is 9.76. The van der Waals surface area contributed by atoms with Crippen LogP contribution in [0.25, 0.3) is 11.1 Å². The smallest absolute Gasteiger partial charge is 0.479 e. The monoisotopic (exact) mass is 417 g/mol. The van der Waals surface area contributed by atoms with Gasteiger partial charge in [-0.05, 0) is 33.3 Å². The summed E-state index contributed by atoms with van der Waals surface area (Å²) in [6.07, 6.45) is -0.847. The fourth-order valence-electron chi connectivity index (χ4n) is 3.91. The van der Waals surface area contributed by atoms with E-state index in [0.29, 0.717) is 0 Å². The number of aliphatic carboxylic acids is 1. The Morgan fingerprint density at radius 1 is 0.903 bits per heavy atom. The van der Waals surface area contributed by atoms with E-state index in [0.717, 1.165) is 22.3 Å². The topological polar surface area (TPSA) is 116 Å². The van der Waals surface area contributed by atoms with Gasteiger partial charge in [0.25, 0.3) is 0 Å². The summed E-state index contributed by atoms with van der Waals surface area (Å²) in [6, 6.07) is 20.1. The normalized spacial score (nSPS) is 13.1. The lowest BCUT2D eigenvalue weighted by Gasteiger charge is -2.18. The van der Waals surface area contributed by atoms with Gasteiger partial charge in [-0.2, -0.15) is 0 Å². The Kier molecular flexibility index (Phi) is 5.75. The molecule has 0 saturated carbocycles. The van der Waals surface area contributed by atoms with Gasteiger partial charge in [-0.15, -0.1) is 0 Å². The second-order valence-corrected chi connectivity index (χ2v) is 7.28. The molecule has 0 fully saturated rings. The summed E-state index contributed by atoms with van der Waals surface area (Å²) < 4.78 is 5.41. The van der Waals surface area contributed by atoms with Crippen LogP contribution in [-0.4, -0.2) is 40.9 Å². The van der Waals surface area contributed by atoms with E-state index in [1.165, 1.54) is 24.3 Å². The molecule has 1 aliphatic rings. The van der Waals surface area contributed by atoms with Gasteiger partial charge in [0.1, 0.15) is 6.61 Å². The number of fused-ring (bicyclic) bond motifs is 3. The molecule has 156 valence electrons. The summed E-state index contributed by atoms with van der Waals surface area (Å²) >= 11 is 0. The van der Waals surface area contributed by atoms with Crippen molar-refractivity contribution in [1.29, 1.82) is 0 Å². The number of hydrogen-bond acceptors (Lipinski definition) is 5. The van der Waals surface area contributed by atoms with Crippen LogP contribution >= 0.6 is 0 Å². The maximum atomic E-state index is 12.4. The second-order valence-electron chi connectivity index (χ2n) is 7.28. The predicted octanol–water partition coefficient (Wildman–Crippen LogP) is 2.03. The minimum atomic E-state index is -1.66. The number of amides is 1. The van der Waals surface area contributed by atoms with Crippen LogP contribution < -0.4 is 10.8 Å². The largest absolute Gasteiger partial charge is 0.488 e. The average molecular weight is 417 g/mol. The van der Waals surface area contributed by atoms with E-state index in [1.54, 1.807) is 0 Å². The van der Waals surface area contributed by atoms with Gasteiger partial charge in [0, 0.05) is 5.92 Å². The minimum absolute atomic E-state index is 0.0713. The van der Waals surface area contributed by atoms with E-state index >= 15 is 0 Å². The molecule has 8 heteroatoms. The van der Waals surface area contributed by atoms with Gasteiger partial charge in [-0.3, -0.25) is 0 Å². The molecule has 31 heavy (non-hydrogen) atoms. The molecule has 4 N–H and O–H groups in total. The van der Waals surface area contributed by atoms with Gasteiger partial charge in [0.15, 0.2) is 6.04 Å². The van der Waals surface area contributed by atoms with Crippen molar-refractivity contribution in [3.63, 3.8) is 0 Å². The molecule has 0 aliphatic heterocycles. The number of ether oxygens (including phenoxy) is 1. The first kappa shape index (κ1) is 20.6. The fourth-order valence-corrected chi connectivity index (χ4v) is 3.91. The van der Waals surface area contributed by atoms with E-state index in [1.807, 2.05) is 48.5 Å². The summed E-state index contributed by atoms with van der Waals surface area (Å²) in [5.74, 6) is -1.39.